The third kappa shape index (κ3) is 4.65. The van der Waals surface area contributed by atoms with Gasteiger partial charge in [0.15, 0.2) is 0 Å². The molecule has 0 aliphatic carbocycles. The van der Waals surface area contributed by atoms with E-state index in [0.29, 0.717) is 17.7 Å². The zero-order valence-corrected chi connectivity index (χ0v) is 12.9. The second-order valence-corrected chi connectivity index (χ2v) is 5.54. The average molecular weight is 298 g/mol. The molecule has 1 fully saturated rings. The smallest absolute Gasteiger partial charge is 0.142 e. The highest BCUT2D eigenvalue weighted by molar-refractivity contribution is 6.32. The maximum atomic E-state index is 6.24. The second kappa shape index (κ2) is 8.50. The minimum atomic E-state index is 0.436. The van der Waals surface area contributed by atoms with Crippen molar-refractivity contribution in [1.29, 1.82) is 0 Å². The molecule has 2 rings (SSSR count). The summed E-state index contributed by atoms with van der Waals surface area (Å²) in [5, 5.41) is 4.00. The zero-order valence-electron chi connectivity index (χ0n) is 12.2. The molecular weight excluding hydrogens is 274 g/mol. The molecule has 1 aliphatic rings. The van der Waals surface area contributed by atoms with Crippen molar-refractivity contribution in [3.63, 3.8) is 0 Å². The quantitative estimate of drug-likeness (QED) is 0.741. The molecule has 0 radical (unpaired) electrons. The van der Waals surface area contributed by atoms with Crippen LogP contribution >= 0.6 is 11.6 Å². The summed E-state index contributed by atoms with van der Waals surface area (Å²) in [4.78, 5) is 0. The third-order valence-corrected chi connectivity index (χ3v) is 3.85. The lowest BCUT2D eigenvalue weighted by Crippen LogP contribution is -2.13. The van der Waals surface area contributed by atoms with Crippen LogP contribution in [-0.4, -0.2) is 25.9 Å². The van der Waals surface area contributed by atoms with Crippen LogP contribution in [0.2, 0.25) is 5.02 Å². The van der Waals surface area contributed by atoms with Crippen LogP contribution in [0.5, 0.6) is 5.75 Å². The van der Waals surface area contributed by atoms with E-state index in [2.05, 4.69) is 18.3 Å². The van der Waals surface area contributed by atoms with Gasteiger partial charge < -0.3 is 14.8 Å². The summed E-state index contributed by atoms with van der Waals surface area (Å²) >= 11 is 6.24. The van der Waals surface area contributed by atoms with Gasteiger partial charge in [-0.2, -0.15) is 0 Å². The van der Waals surface area contributed by atoms with E-state index in [4.69, 9.17) is 21.1 Å². The van der Waals surface area contributed by atoms with Crippen molar-refractivity contribution in [2.24, 2.45) is 0 Å². The number of rotatable bonds is 8. The SMILES string of the molecule is CCNCc1cccc(Cl)c1OCCCC1CCCO1. The van der Waals surface area contributed by atoms with Crippen LogP contribution < -0.4 is 10.1 Å². The van der Waals surface area contributed by atoms with Gasteiger partial charge in [0, 0.05) is 18.7 Å². The van der Waals surface area contributed by atoms with E-state index in [0.717, 1.165) is 43.9 Å². The summed E-state index contributed by atoms with van der Waals surface area (Å²) < 4.78 is 11.5. The first-order chi connectivity index (χ1) is 9.81. The van der Waals surface area contributed by atoms with E-state index < -0.39 is 0 Å². The summed E-state index contributed by atoms with van der Waals surface area (Å²) in [6.45, 7) is 5.43. The van der Waals surface area contributed by atoms with Gasteiger partial charge in [-0.05, 0) is 38.3 Å². The average Bonchev–Trinajstić information content (AvgIpc) is 2.96. The molecule has 1 saturated heterocycles. The molecule has 0 spiro atoms. The molecule has 0 aromatic heterocycles. The van der Waals surface area contributed by atoms with E-state index in [1.54, 1.807) is 0 Å². The van der Waals surface area contributed by atoms with Crippen molar-refractivity contribution in [2.75, 3.05) is 19.8 Å². The van der Waals surface area contributed by atoms with Gasteiger partial charge in [0.05, 0.1) is 17.7 Å². The Morgan fingerprint density at radius 3 is 3.10 bits per heavy atom. The minimum absolute atomic E-state index is 0.436. The van der Waals surface area contributed by atoms with Crippen LogP contribution in [-0.2, 0) is 11.3 Å². The van der Waals surface area contributed by atoms with Crippen molar-refractivity contribution in [2.45, 2.75) is 45.3 Å². The predicted octanol–water partition coefficient (Wildman–Crippen LogP) is 3.79. The minimum Gasteiger partial charge on any atom is -0.492 e. The molecule has 1 aromatic rings. The Balaban J connectivity index is 1.81. The molecule has 1 unspecified atom stereocenters. The number of hydrogen-bond acceptors (Lipinski definition) is 3. The third-order valence-electron chi connectivity index (χ3n) is 3.55. The molecule has 1 atom stereocenters. The standard InChI is InChI=1S/C16H24ClNO2/c1-2-18-12-13-6-3-9-15(17)16(13)20-11-5-8-14-7-4-10-19-14/h3,6,9,14,18H,2,4-5,7-8,10-12H2,1H3. The largest absolute Gasteiger partial charge is 0.492 e. The highest BCUT2D eigenvalue weighted by Gasteiger charge is 2.15. The van der Waals surface area contributed by atoms with Crippen LogP contribution in [0, 0.1) is 0 Å². The Morgan fingerprint density at radius 2 is 2.35 bits per heavy atom. The van der Waals surface area contributed by atoms with Crippen molar-refractivity contribution >= 4 is 11.6 Å². The Kier molecular flexibility index (Phi) is 6.64. The van der Waals surface area contributed by atoms with Crippen LogP contribution in [0.4, 0.5) is 0 Å². The van der Waals surface area contributed by atoms with E-state index in [-0.39, 0.29) is 0 Å². The molecule has 1 aromatic carbocycles. The van der Waals surface area contributed by atoms with Gasteiger partial charge in [0.25, 0.3) is 0 Å². The van der Waals surface area contributed by atoms with Crippen molar-refractivity contribution in [1.82, 2.24) is 5.32 Å². The molecule has 0 saturated carbocycles. The number of halogens is 1. The second-order valence-electron chi connectivity index (χ2n) is 5.13. The number of nitrogens with one attached hydrogen (secondary N) is 1. The van der Waals surface area contributed by atoms with Crippen molar-refractivity contribution < 1.29 is 9.47 Å². The normalized spacial score (nSPS) is 18.4. The molecule has 112 valence electrons. The Bertz CT molecular complexity index is 405. The van der Waals surface area contributed by atoms with Crippen molar-refractivity contribution in [3.05, 3.63) is 28.8 Å². The number of benzene rings is 1. The first-order valence-electron chi connectivity index (χ1n) is 7.53. The Hall–Kier alpha value is -0.770. The van der Waals surface area contributed by atoms with Gasteiger partial charge in [-0.15, -0.1) is 0 Å². The van der Waals surface area contributed by atoms with E-state index in [1.165, 1.54) is 12.8 Å². The van der Waals surface area contributed by atoms with Gasteiger partial charge in [0.1, 0.15) is 5.75 Å². The van der Waals surface area contributed by atoms with Crippen LogP contribution in [0.25, 0.3) is 0 Å². The first kappa shape index (κ1) is 15.6. The molecule has 0 amide bonds. The fourth-order valence-corrected chi connectivity index (χ4v) is 2.72. The summed E-state index contributed by atoms with van der Waals surface area (Å²) in [6, 6.07) is 5.91. The first-order valence-corrected chi connectivity index (χ1v) is 7.91. The van der Waals surface area contributed by atoms with E-state index in [9.17, 15) is 0 Å². The predicted molar refractivity (Wildman–Crippen MR) is 82.5 cm³/mol. The topological polar surface area (TPSA) is 30.5 Å². The van der Waals surface area contributed by atoms with Gasteiger partial charge in [-0.3, -0.25) is 0 Å². The number of hydrogen-bond donors (Lipinski definition) is 1. The highest BCUT2D eigenvalue weighted by Crippen LogP contribution is 2.29. The lowest BCUT2D eigenvalue weighted by molar-refractivity contribution is 0.0981. The number of para-hydroxylation sites is 1. The van der Waals surface area contributed by atoms with Crippen LogP contribution in [0.1, 0.15) is 38.2 Å². The van der Waals surface area contributed by atoms with Gasteiger partial charge in [-0.25, -0.2) is 0 Å². The van der Waals surface area contributed by atoms with Gasteiger partial charge >= 0.3 is 0 Å². The summed E-state index contributed by atoms with van der Waals surface area (Å²) in [5.74, 6) is 0.822. The molecular formula is C16H24ClNO2. The fourth-order valence-electron chi connectivity index (χ4n) is 2.47. The van der Waals surface area contributed by atoms with Gasteiger partial charge in [0.2, 0.25) is 0 Å². The lowest BCUT2D eigenvalue weighted by Gasteiger charge is -2.14. The Morgan fingerprint density at radius 1 is 1.45 bits per heavy atom. The fraction of sp³-hybridized carbons (Fsp3) is 0.625. The van der Waals surface area contributed by atoms with Gasteiger partial charge in [-0.1, -0.05) is 30.7 Å². The Labute approximate surface area is 126 Å². The van der Waals surface area contributed by atoms with E-state index >= 15 is 0 Å². The molecule has 20 heavy (non-hydrogen) atoms. The maximum Gasteiger partial charge on any atom is 0.142 e. The molecule has 0 bridgehead atoms. The molecule has 1 aliphatic heterocycles. The maximum absolute atomic E-state index is 6.24. The highest BCUT2D eigenvalue weighted by atomic mass is 35.5. The summed E-state index contributed by atoms with van der Waals surface area (Å²) in [6.07, 6.45) is 4.91. The molecule has 1 heterocycles. The molecule has 4 heteroatoms. The lowest BCUT2D eigenvalue weighted by atomic mass is 10.1. The monoisotopic (exact) mass is 297 g/mol. The van der Waals surface area contributed by atoms with Crippen LogP contribution in [0.15, 0.2) is 18.2 Å². The number of ether oxygens (including phenoxy) is 2. The molecule has 3 nitrogen and oxygen atoms in total. The molecule has 1 N–H and O–H groups in total. The van der Waals surface area contributed by atoms with Crippen molar-refractivity contribution in [3.8, 4) is 5.75 Å². The van der Waals surface area contributed by atoms with Crippen LogP contribution in [0.3, 0.4) is 0 Å². The summed E-state index contributed by atoms with van der Waals surface area (Å²) in [7, 11) is 0. The summed E-state index contributed by atoms with van der Waals surface area (Å²) in [5.41, 5.74) is 1.12. The zero-order chi connectivity index (χ0) is 14.2. The van der Waals surface area contributed by atoms with E-state index in [1.807, 2.05) is 12.1 Å².